The van der Waals surface area contributed by atoms with Crippen LogP contribution in [0.25, 0.3) is 11.1 Å². The molecule has 1 heterocycles. The number of primary amides is 1. The van der Waals surface area contributed by atoms with Gasteiger partial charge in [-0.05, 0) is 55.0 Å². The molecule has 1 fully saturated rings. The van der Waals surface area contributed by atoms with Gasteiger partial charge in [-0.1, -0.05) is 30.3 Å². The predicted molar refractivity (Wildman–Crippen MR) is 91.2 cm³/mol. The van der Waals surface area contributed by atoms with Crippen molar-refractivity contribution in [1.29, 1.82) is 0 Å². The standard InChI is InChI=1S/C19H22N2O/c1-14-17(21-12-6-3-7-13-21)11-10-16(19(20)22)18(14)15-8-4-2-5-9-15/h2,4-5,8-11H,3,6-7,12-13H2,1H3,(H2,20,22). The Morgan fingerprint density at radius 1 is 1.00 bits per heavy atom. The van der Waals surface area contributed by atoms with Crippen LogP contribution in [0.1, 0.15) is 35.2 Å². The van der Waals surface area contributed by atoms with Gasteiger partial charge < -0.3 is 10.6 Å². The van der Waals surface area contributed by atoms with E-state index in [0.717, 1.165) is 29.8 Å². The minimum absolute atomic E-state index is 0.368. The summed E-state index contributed by atoms with van der Waals surface area (Å²) in [6.07, 6.45) is 3.77. The third-order valence-corrected chi connectivity index (χ3v) is 4.46. The van der Waals surface area contributed by atoms with Crippen molar-refractivity contribution in [2.45, 2.75) is 26.2 Å². The maximum absolute atomic E-state index is 11.8. The molecule has 1 aliphatic rings. The third kappa shape index (κ3) is 2.71. The van der Waals surface area contributed by atoms with Crippen LogP contribution in [0.15, 0.2) is 42.5 Å². The molecule has 114 valence electrons. The van der Waals surface area contributed by atoms with E-state index in [1.54, 1.807) is 0 Å². The van der Waals surface area contributed by atoms with Crippen LogP contribution in [0.3, 0.4) is 0 Å². The lowest BCUT2D eigenvalue weighted by Gasteiger charge is -2.31. The largest absolute Gasteiger partial charge is 0.371 e. The quantitative estimate of drug-likeness (QED) is 0.937. The molecule has 3 rings (SSSR count). The zero-order valence-electron chi connectivity index (χ0n) is 13.0. The molecule has 0 unspecified atom stereocenters. The molecule has 2 N–H and O–H groups in total. The number of nitrogens with two attached hydrogens (primary N) is 1. The minimum atomic E-state index is -0.368. The van der Waals surface area contributed by atoms with Crippen LogP contribution in [-0.2, 0) is 0 Å². The molecule has 2 aromatic carbocycles. The Balaban J connectivity index is 2.14. The van der Waals surface area contributed by atoms with Gasteiger partial charge in [0.05, 0.1) is 0 Å². The minimum Gasteiger partial charge on any atom is -0.371 e. The maximum Gasteiger partial charge on any atom is 0.249 e. The van der Waals surface area contributed by atoms with E-state index < -0.39 is 0 Å². The zero-order valence-corrected chi connectivity index (χ0v) is 13.0. The molecule has 0 radical (unpaired) electrons. The highest BCUT2D eigenvalue weighted by atomic mass is 16.1. The van der Waals surface area contributed by atoms with Gasteiger partial charge in [0.2, 0.25) is 5.91 Å². The zero-order chi connectivity index (χ0) is 15.5. The average molecular weight is 294 g/mol. The molecule has 1 aliphatic heterocycles. The van der Waals surface area contributed by atoms with Crippen molar-refractivity contribution in [2.75, 3.05) is 18.0 Å². The Morgan fingerprint density at radius 3 is 2.32 bits per heavy atom. The SMILES string of the molecule is Cc1c(N2CCCCC2)ccc(C(N)=O)c1-c1ccccc1. The first-order valence-electron chi connectivity index (χ1n) is 7.92. The normalized spacial score (nSPS) is 14.9. The molecular weight excluding hydrogens is 272 g/mol. The Bertz CT molecular complexity index is 673. The summed E-state index contributed by atoms with van der Waals surface area (Å²) >= 11 is 0. The first kappa shape index (κ1) is 14.6. The highest BCUT2D eigenvalue weighted by Crippen LogP contribution is 2.34. The number of hydrogen-bond acceptors (Lipinski definition) is 2. The fraction of sp³-hybridized carbons (Fsp3) is 0.316. The molecule has 0 aromatic heterocycles. The number of hydrogen-bond donors (Lipinski definition) is 1. The van der Waals surface area contributed by atoms with E-state index in [9.17, 15) is 4.79 Å². The first-order chi connectivity index (χ1) is 10.7. The van der Waals surface area contributed by atoms with Crippen LogP contribution >= 0.6 is 0 Å². The highest BCUT2D eigenvalue weighted by molar-refractivity contribution is 6.01. The second-order valence-corrected chi connectivity index (χ2v) is 5.91. The lowest BCUT2D eigenvalue weighted by Crippen LogP contribution is -2.30. The lowest BCUT2D eigenvalue weighted by atomic mass is 9.92. The fourth-order valence-electron chi connectivity index (χ4n) is 3.36. The van der Waals surface area contributed by atoms with E-state index in [0.29, 0.717) is 5.56 Å². The molecule has 0 aliphatic carbocycles. The number of anilines is 1. The number of piperidine rings is 1. The van der Waals surface area contributed by atoms with Gasteiger partial charge in [0.1, 0.15) is 0 Å². The van der Waals surface area contributed by atoms with E-state index in [1.807, 2.05) is 42.5 Å². The summed E-state index contributed by atoms with van der Waals surface area (Å²) in [5.41, 5.74) is 10.6. The molecule has 1 amide bonds. The molecule has 22 heavy (non-hydrogen) atoms. The van der Waals surface area contributed by atoms with Crippen LogP contribution in [0, 0.1) is 6.92 Å². The molecule has 0 bridgehead atoms. The molecule has 1 saturated heterocycles. The number of amides is 1. The first-order valence-corrected chi connectivity index (χ1v) is 7.92. The van der Waals surface area contributed by atoms with Gasteiger partial charge in [-0.3, -0.25) is 4.79 Å². The lowest BCUT2D eigenvalue weighted by molar-refractivity contribution is 0.100. The van der Waals surface area contributed by atoms with Gasteiger partial charge in [-0.15, -0.1) is 0 Å². The van der Waals surface area contributed by atoms with Crippen molar-refractivity contribution in [3.05, 3.63) is 53.6 Å². The van der Waals surface area contributed by atoms with Gasteiger partial charge in [0.25, 0.3) is 0 Å². The highest BCUT2D eigenvalue weighted by Gasteiger charge is 2.19. The van der Waals surface area contributed by atoms with Gasteiger partial charge in [-0.25, -0.2) is 0 Å². The Labute approximate surface area is 131 Å². The van der Waals surface area contributed by atoms with Crippen LogP contribution in [-0.4, -0.2) is 19.0 Å². The van der Waals surface area contributed by atoms with Crippen LogP contribution < -0.4 is 10.6 Å². The third-order valence-electron chi connectivity index (χ3n) is 4.46. The van der Waals surface area contributed by atoms with E-state index in [4.69, 9.17) is 5.73 Å². The Kier molecular flexibility index (Phi) is 4.14. The van der Waals surface area contributed by atoms with E-state index in [1.165, 1.54) is 24.9 Å². The van der Waals surface area contributed by atoms with Gasteiger partial charge in [0.15, 0.2) is 0 Å². The maximum atomic E-state index is 11.8. The van der Waals surface area contributed by atoms with Gasteiger partial charge in [0, 0.05) is 24.3 Å². The second-order valence-electron chi connectivity index (χ2n) is 5.91. The number of carbonyl (C=O) groups is 1. The summed E-state index contributed by atoms with van der Waals surface area (Å²) in [7, 11) is 0. The summed E-state index contributed by atoms with van der Waals surface area (Å²) in [6, 6.07) is 14.0. The number of benzene rings is 2. The molecular formula is C19H22N2O. The van der Waals surface area contributed by atoms with Gasteiger partial charge in [-0.2, -0.15) is 0 Å². The van der Waals surface area contributed by atoms with Crippen molar-refractivity contribution in [3.63, 3.8) is 0 Å². The van der Waals surface area contributed by atoms with E-state index in [-0.39, 0.29) is 5.91 Å². The van der Waals surface area contributed by atoms with Crippen LogP contribution in [0.2, 0.25) is 0 Å². The van der Waals surface area contributed by atoms with Crippen LogP contribution in [0.4, 0.5) is 5.69 Å². The van der Waals surface area contributed by atoms with Crippen molar-refractivity contribution in [2.24, 2.45) is 5.73 Å². The molecule has 0 saturated carbocycles. The summed E-state index contributed by atoms with van der Waals surface area (Å²) < 4.78 is 0. The second kappa shape index (κ2) is 6.22. The molecule has 2 aromatic rings. The number of carbonyl (C=O) groups excluding carboxylic acids is 1. The van der Waals surface area contributed by atoms with Crippen molar-refractivity contribution in [3.8, 4) is 11.1 Å². The van der Waals surface area contributed by atoms with E-state index in [2.05, 4.69) is 11.8 Å². The summed E-state index contributed by atoms with van der Waals surface area (Å²) in [4.78, 5) is 14.3. The van der Waals surface area contributed by atoms with Crippen LogP contribution in [0.5, 0.6) is 0 Å². The predicted octanol–water partition coefficient (Wildman–Crippen LogP) is 3.75. The number of nitrogens with zero attached hydrogens (tertiary/aromatic N) is 1. The summed E-state index contributed by atoms with van der Waals surface area (Å²) in [6.45, 7) is 4.27. The van der Waals surface area contributed by atoms with Crippen molar-refractivity contribution < 1.29 is 4.79 Å². The smallest absolute Gasteiger partial charge is 0.249 e. The fourth-order valence-corrected chi connectivity index (χ4v) is 3.36. The Morgan fingerprint density at radius 2 is 1.68 bits per heavy atom. The Hall–Kier alpha value is -2.29. The molecule has 0 atom stereocenters. The molecule has 3 heteroatoms. The monoisotopic (exact) mass is 294 g/mol. The summed E-state index contributed by atoms with van der Waals surface area (Å²) in [5, 5.41) is 0. The van der Waals surface area contributed by atoms with E-state index >= 15 is 0 Å². The molecule has 3 nitrogen and oxygen atoms in total. The summed E-state index contributed by atoms with van der Waals surface area (Å²) in [5.74, 6) is -0.368. The topological polar surface area (TPSA) is 46.3 Å². The van der Waals surface area contributed by atoms with Crippen molar-refractivity contribution >= 4 is 11.6 Å². The average Bonchev–Trinajstić information content (AvgIpc) is 2.56. The van der Waals surface area contributed by atoms with Crippen molar-refractivity contribution in [1.82, 2.24) is 0 Å². The van der Waals surface area contributed by atoms with Gasteiger partial charge >= 0.3 is 0 Å². The number of rotatable bonds is 3. The molecule has 0 spiro atoms.